The minimum absolute atomic E-state index is 0.00832. The second kappa shape index (κ2) is 10.7. The Balaban J connectivity index is 2.75. The molecule has 0 aliphatic rings. The Morgan fingerprint density at radius 1 is 1.00 bits per heavy atom. The summed E-state index contributed by atoms with van der Waals surface area (Å²) in [5.41, 5.74) is 2.89. The number of hydrogen-bond donors (Lipinski definition) is 0. The Morgan fingerprint density at radius 2 is 1.60 bits per heavy atom. The van der Waals surface area contributed by atoms with E-state index in [0.717, 1.165) is 17.4 Å². The first-order valence-electron chi connectivity index (χ1n) is 11.5. The van der Waals surface area contributed by atoms with Crippen molar-refractivity contribution < 1.29 is 25.8 Å². The zero-order valence-corrected chi connectivity index (χ0v) is 23.6. The minimum atomic E-state index is -3.97. The number of sulfone groups is 1. The van der Waals surface area contributed by atoms with Crippen LogP contribution in [0.15, 0.2) is 28.8 Å². The van der Waals surface area contributed by atoms with Crippen LogP contribution in [0.3, 0.4) is 0 Å². The van der Waals surface area contributed by atoms with Gasteiger partial charge in [0.15, 0.2) is 15.6 Å². The summed E-state index contributed by atoms with van der Waals surface area (Å²) in [5.74, 6) is -0.873. The Morgan fingerprint density at radius 3 is 2.09 bits per heavy atom. The van der Waals surface area contributed by atoms with Gasteiger partial charge in [0.2, 0.25) is 5.88 Å². The first kappa shape index (κ1) is 28.8. The summed E-state index contributed by atoms with van der Waals surface area (Å²) in [5, 5.41) is 4.24. The van der Waals surface area contributed by atoms with Crippen LogP contribution in [0.5, 0.6) is 5.88 Å². The first-order valence-corrected chi connectivity index (χ1v) is 14.9. The molecule has 0 amide bonds. The number of allylic oxidation sites excluding steroid dienone is 2. The van der Waals surface area contributed by atoms with Crippen LogP contribution in [-0.2, 0) is 26.5 Å². The third-order valence-electron chi connectivity index (χ3n) is 5.51. The fourth-order valence-electron chi connectivity index (χ4n) is 3.76. The standard InChI is InChI=1S/C25H36N2O6S2/c1-15(2)13-27-25(33-35(31,32)14-16(3)4)21(12-26-27)24(28)20-10-11-22(34(9,29)30)23(19(20)8)18(7)17(5)6/h10-12,15-16H,13-14H2,1-9H3. The van der Waals surface area contributed by atoms with E-state index in [1.54, 1.807) is 20.8 Å². The van der Waals surface area contributed by atoms with Gasteiger partial charge in [-0.2, -0.15) is 13.5 Å². The molecule has 0 fully saturated rings. The summed E-state index contributed by atoms with van der Waals surface area (Å²) in [7, 11) is -7.53. The monoisotopic (exact) mass is 524 g/mol. The molecule has 8 nitrogen and oxygen atoms in total. The Hall–Kier alpha value is -2.46. The fourth-order valence-corrected chi connectivity index (χ4v) is 6.05. The summed E-state index contributed by atoms with van der Waals surface area (Å²) in [6, 6.07) is 2.88. The number of rotatable bonds is 10. The molecular formula is C25H36N2O6S2. The normalized spacial score (nSPS) is 12.3. The largest absolute Gasteiger partial charge is 0.361 e. The fraction of sp³-hybridized carbons (Fsp3) is 0.520. The highest BCUT2D eigenvalue weighted by Crippen LogP contribution is 2.33. The zero-order chi connectivity index (χ0) is 26.9. The second-order valence-corrected chi connectivity index (χ2v) is 13.6. The molecule has 2 aromatic rings. The van der Waals surface area contributed by atoms with Crippen LogP contribution in [0.4, 0.5) is 0 Å². The lowest BCUT2D eigenvalue weighted by molar-refractivity contribution is 0.103. The van der Waals surface area contributed by atoms with Crippen molar-refractivity contribution in [1.29, 1.82) is 0 Å². The first-order chi connectivity index (χ1) is 16.0. The second-order valence-electron chi connectivity index (χ2n) is 9.98. The van der Waals surface area contributed by atoms with Crippen LogP contribution in [-0.4, -0.2) is 44.4 Å². The van der Waals surface area contributed by atoms with Crippen LogP contribution in [0.2, 0.25) is 0 Å². The predicted molar refractivity (Wildman–Crippen MR) is 138 cm³/mol. The number of carbonyl (C=O) groups is 1. The van der Waals surface area contributed by atoms with Gasteiger partial charge in [0.1, 0.15) is 5.56 Å². The maximum atomic E-state index is 13.7. The molecule has 0 unspecified atom stereocenters. The average molecular weight is 525 g/mol. The van der Waals surface area contributed by atoms with Crippen molar-refractivity contribution in [2.75, 3.05) is 12.0 Å². The predicted octanol–water partition coefficient (Wildman–Crippen LogP) is 4.66. The Labute approximate surface area is 209 Å². The third kappa shape index (κ3) is 6.82. The number of ketones is 1. The van der Waals surface area contributed by atoms with E-state index in [1.165, 1.54) is 23.0 Å². The van der Waals surface area contributed by atoms with E-state index in [4.69, 9.17) is 4.18 Å². The molecule has 1 heterocycles. The molecule has 1 aromatic carbocycles. The summed E-state index contributed by atoms with van der Waals surface area (Å²) in [6.45, 7) is 15.0. The summed E-state index contributed by atoms with van der Waals surface area (Å²) in [6.07, 6.45) is 2.44. The van der Waals surface area contributed by atoms with Crippen LogP contribution >= 0.6 is 0 Å². The number of carbonyl (C=O) groups excluding carboxylic acids is 1. The van der Waals surface area contributed by atoms with E-state index in [0.29, 0.717) is 17.7 Å². The number of benzene rings is 1. The van der Waals surface area contributed by atoms with Crippen molar-refractivity contribution in [2.45, 2.75) is 66.8 Å². The van der Waals surface area contributed by atoms with Gasteiger partial charge in [-0.15, -0.1) is 0 Å². The van der Waals surface area contributed by atoms with Gasteiger partial charge >= 0.3 is 10.1 Å². The molecule has 0 saturated carbocycles. The van der Waals surface area contributed by atoms with Gasteiger partial charge < -0.3 is 4.18 Å². The number of aromatic nitrogens is 2. The van der Waals surface area contributed by atoms with E-state index in [1.807, 2.05) is 34.6 Å². The molecule has 0 bridgehead atoms. The highest BCUT2D eigenvalue weighted by molar-refractivity contribution is 7.90. The molecule has 10 heteroatoms. The van der Waals surface area contributed by atoms with Crippen LogP contribution in [0.25, 0.3) is 5.57 Å². The number of hydrogen-bond acceptors (Lipinski definition) is 7. The van der Waals surface area contributed by atoms with Gasteiger partial charge in [-0.1, -0.05) is 33.3 Å². The average Bonchev–Trinajstić information content (AvgIpc) is 3.05. The van der Waals surface area contributed by atoms with Gasteiger partial charge in [0.25, 0.3) is 0 Å². The van der Waals surface area contributed by atoms with Crippen molar-refractivity contribution in [1.82, 2.24) is 9.78 Å². The topological polar surface area (TPSA) is 112 Å². The summed E-state index contributed by atoms with van der Waals surface area (Å²) < 4.78 is 57.1. The van der Waals surface area contributed by atoms with Gasteiger partial charge in [-0.05, 0) is 68.4 Å². The highest BCUT2D eigenvalue weighted by Gasteiger charge is 2.29. The summed E-state index contributed by atoms with van der Waals surface area (Å²) in [4.78, 5) is 13.8. The molecule has 0 atom stereocenters. The molecule has 0 spiro atoms. The Bertz CT molecular complexity index is 1360. The van der Waals surface area contributed by atoms with Crippen LogP contribution < -0.4 is 4.18 Å². The van der Waals surface area contributed by atoms with Crippen molar-refractivity contribution in [3.63, 3.8) is 0 Å². The van der Waals surface area contributed by atoms with Crippen molar-refractivity contribution in [3.8, 4) is 5.88 Å². The lowest BCUT2D eigenvalue weighted by Crippen LogP contribution is -2.21. The minimum Gasteiger partial charge on any atom is -0.361 e. The SMILES string of the molecule is CC(C)=C(C)c1c(S(C)(=O)=O)ccc(C(=O)c2cnn(CC(C)C)c2OS(=O)(=O)CC(C)C)c1C. The molecular weight excluding hydrogens is 488 g/mol. The van der Waals surface area contributed by atoms with E-state index >= 15 is 0 Å². The van der Waals surface area contributed by atoms with Gasteiger partial charge in [-0.25, -0.2) is 13.1 Å². The molecule has 194 valence electrons. The van der Waals surface area contributed by atoms with Gasteiger partial charge in [0, 0.05) is 18.4 Å². The molecule has 0 aliphatic carbocycles. The van der Waals surface area contributed by atoms with Gasteiger partial charge in [0.05, 0.1) is 16.8 Å². The van der Waals surface area contributed by atoms with Crippen molar-refractivity contribution in [2.24, 2.45) is 11.8 Å². The molecule has 0 N–H and O–H groups in total. The smallest absolute Gasteiger partial charge is 0.310 e. The zero-order valence-electron chi connectivity index (χ0n) is 22.0. The van der Waals surface area contributed by atoms with E-state index in [9.17, 15) is 21.6 Å². The molecule has 0 saturated heterocycles. The molecule has 2 rings (SSSR count). The van der Waals surface area contributed by atoms with Gasteiger partial charge in [-0.3, -0.25) is 4.79 Å². The number of nitrogens with zero attached hydrogens (tertiary/aromatic N) is 2. The quantitative estimate of drug-likeness (QED) is 0.328. The highest BCUT2D eigenvalue weighted by atomic mass is 32.2. The van der Waals surface area contributed by atoms with Crippen molar-refractivity contribution in [3.05, 3.63) is 46.2 Å². The molecule has 0 aliphatic heterocycles. The maximum absolute atomic E-state index is 13.7. The Kier molecular flexibility index (Phi) is 8.76. The molecule has 35 heavy (non-hydrogen) atoms. The maximum Gasteiger partial charge on any atom is 0.310 e. The molecule has 0 radical (unpaired) electrons. The van der Waals surface area contributed by atoms with Crippen LogP contribution in [0, 0.1) is 18.8 Å². The lowest BCUT2D eigenvalue weighted by atomic mass is 9.91. The van der Waals surface area contributed by atoms with E-state index in [2.05, 4.69) is 5.10 Å². The lowest BCUT2D eigenvalue weighted by Gasteiger charge is -2.17. The van der Waals surface area contributed by atoms with Crippen LogP contribution in [0.1, 0.15) is 75.5 Å². The summed E-state index contributed by atoms with van der Waals surface area (Å²) >= 11 is 0. The van der Waals surface area contributed by atoms with E-state index < -0.39 is 25.7 Å². The third-order valence-corrected chi connectivity index (χ3v) is 8.14. The van der Waals surface area contributed by atoms with E-state index in [-0.39, 0.29) is 39.5 Å². The molecule has 1 aromatic heterocycles. The van der Waals surface area contributed by atoms with Crippen molar-refractivity contribution >= 4 is 31.3 Å².